The molecule has 2 aromatic carbocycles. The van der Waals surface area contributed by atoms with Crippen molar-refractivity contribution >= 4 is 46.4 Å². The van der Waals surface area contributed by atoms with Crippen LogP contribution in [0.1, 0.15) is 0 Å². The highest BCUT2D eigenvalue weighted by Gasteiger charge is 2.21. The summed E-state index contributed by atoms with van der Waals surface area (Å²) < 4.78 is 5.46. The van der Waals surface area contributed by atoms with Crippen molar-refractivity contribution < 1.29 is 14.9 Å². The van der Waals surface area contributed by atoms with Crippen LogP contribution in [0.5, 0.6) is 23.0 Å². The van der Waals surface area contributed by atoms with Crippen LogP contribution in [0.15, 0.2) is 24.3 Å². The van der Waals surface area contributed by atoms with E-state index in [1.54, 1.807) is 0 Å². The third kappa shape index (κ3) is 2.79. The highest BCUT2D eigenvalue weighted by atomic mass is 35.5. The normalized spacial score (nSPS) is 10.5. The average Bonchev–Trinajstić information content (AvgIpc) is 2.41. The molecule has 2 aromatic rings. The molecule has 0 saturated heterocycles. The van der Waals surface area contributed by atoms with Gasteiger partial charge in [0, 0.05) is 0 Å². The first-order valence-corrected chi connectivity index (χ1v) is 6.44. The minimum atomic E-state index is -0.406. The fourth-order valence-electron chi connectivity index (χ4n) is 1.32. The maximum atomic E-state index is 9.57. The van der Waals surface area contributed by atoms with Gasteiger partial charge in [-0.25, -0.2) is 0 Å². The lowest BCUT2D eigenvalue weighted by molar-refractivity contribution is 0.459. The van der Waals surface area contributed by atoms with E-state index in [-0.39, 0.29) is 31.6 Å². The van der Waals surface area contributed by atoms with Gasteiger partial charge in [-0.05, 0) is 24.3 Å². The van der Waals surface area contributed by atoms with Crippen molar-refractivity contribution in [3.05, 3.63) is 44.4 Å². The van der Waals surface area contributed by atoms with Gasteiger partial charge in [-0.1, -0.05) is 46.4 Å². The maximum Gasteiger partial charge on any atom is 0.167 e. The number of aromatic hydroxyl groups is 2. The molecule has 0 aliphatic rings. The second kappa shape index (κ2) is 5.55. The van der Waals surface area contributed by atoms with Gasteiger partial charge in [0.05, 0.1) is 0 Å². The Morgan fingerprint density at radius 1 is 0.737 bits per heavy atom. The van der Waals surface area contributed by atoms with E-state index in [2.05, 4.69) is 0 Å². The monoisotopic (exact) mass is 338 g/mol. The second-order valence-corrected chi connectivity index (χ2v) is 5.04. The molecule has 0 saturated carbocycles. The Bertz CT molecular complexity index is 597. The van der Waals surface area contributed by atoms with Crippen LogP contribution in [-0.2, 0) is 0 Å². The van der Waals surface area contributed by atoms with Gasteiger partial charge in [-0.15, -0.1) is 0 Å². The predicted molar refractivity (Wildman–Crippen MR) is 76.3 cm³/mol. The summed E-state index contributed by atoms with van der Waals surface area (Å²) in [6.07, 6.45) is 0. The number of benzene rings is 2. The predicted octanol–water partition coefficient (Wildman–Crippen LogP) is 5.50. The van der Waals surface area contributed by atoms with Gasteiger partial charge in [0.2, 0.25) is 0 Å². The smallest absolute Gasteiger partial charge is 0.167 e. The Hall–Kier alpha value is -1.000. The average molecular weight is 340 g/mol. The van der Waals surface area contributed by atoms with E-state index < -0.39 is 5.75 Å². The zero-order valence-corrected chi connectivity index (χ0v) is 12.1. The Balaban J connectivity index is 2.48. The molecule has 0 spiro atoms. The summed E-state index contributed by atoms with van der Waals surface area (Å²) in [5, 5.41) is 18.3. The summed E-state index contributed by atoms with van der Waals surface area (Å²) in [6.45, 7) is 0. The largest absolute Gasteiger partial charge is 0.508 e. The molecule has 0 heterocycles. The van der Waals surface area contributed by atoms with Crippen LogP contribution in [-0.4, -0.2) is 10.2 Å². The molecule has 0 aliphatic carbocycles. The minimum absolute atomic E-state index is 0.0295. The molecule has 0 bridgehead atoms. The molecule has 0 atom stereocenters. The van der Waals surface area contributed by atoms with Gasteiger partial charge in [-0.3, -0.25) is 0 Å². The van der Waals surface area contributed by atoms with E-state index >= 15 is 0 Å². The molecule has 0 aliphatic heterocycles. The first-order chi connectivity index (χ1) is 8.91. The van der Waals surface area contributed by atoms with Gasteiger partial charge >= 0.3 is 0 Å². The summed E-state index contributed by atoms with van der Waals surface area (Å²) in [5.41, 5.74) is 0. The highest BCUT2D eigenvalue weighted by molar-refractivity contribution is 6.50. The molecule has 3 nitrogen and oxygen atoms in total. The summed E-state index contributed by atoms with van der Waals surface area (Å²) in [5.74, 6) is 0.0870. The number of phenolic OH excluding ortho intramolecular Hbond substituents is 2. The zero-order chi connectivity index (χ0) is 14.2. The molecule has 7 heteroatoms. The summed E-state index contributed by atoms with van der Waals surface area (Å²) >= 11 is 23.5. The Morgan fingerprint density at radius 3 is 1.68 bits per heavy atom. The third-order valence-corrected chi connectivity index (χ3v) is 3.91. The minimum Gasteiger partial charge on any atom is -0.508 e. The van der Waals surface area contributed by atoms with E-state index in [0.717, 1.165) is 0 Å². The van der Waals surface area contributed by atoms with Crippen LogP contribution in [0.3, 0.4) is 0 Å². The van der Waals surface area contributed by atoms with Crippen LogP contribution < -0.4 is 4.74 Å². The second-order valence-electron chi connectivity index (χ2n) is 3.53. The van der Waals surface area contributed by atoms with Crippen molar-refractivity contribution in [1.29, 1.82) is 0 Å². The number of hydrogen-bond donors (Lipinski definition) is 2. The van der Waals surface area contributed by atoms with Crippen LogP contribution in [0.25, 0.3) is 0 Å². The lowest BCUT2D eigenvalue weighted by Crippen LogP contribution is -1.89. The Labute approximate surface area is 128 Å². The highest BCUT2D eigenvalue weighted by Crippen LogP contribution is 2.50. The summed E-state index contributed by atoms with van der Waals surface area (Å²) in [7, 11) is 0. The summed E-state index contributed by atoms with van der Waals surface area (Å²) in [6, 6.07) is 5.88. The van der Waals surface area contributed by atoms with Crippen molar-refractivity contribution in [2.45, 2.75) is 0 Å². The first-order valence-electron chi connectivity index (χ1n) is 4.93. The van der Waals surface area contributed by atoms with Crippen LogP contribution >= 0.6 is 46.4 Å². The van der Waals surface area contributed by atoms with E-state index in [1.165, 1.54) is 24.3 Å². The quantitative estimate of drug-likeness (QED) is 0.710. The molecule has 2 N–H and O–H groups in total. The number of halogens is 4. The molecule has 0 unspecified atom stereocenters. The molecule has 2 rings (SSSR count). The van der Waals surface area contributed by atoms with Crippen LogP contribution in [0.2, 0.25) is 20.1 Å². The van der Waals surface area contributed by atoms with Gasteiger partial charge in [-0.2, -0.15) is 0 Å². The van der Waals surface area contributed by atoms with Gasteiger partial charge in [0.15, 0.2) is 11.5 Å². The van der Waals surface area contributed by atoms with Crippen LogP contribution in [0, 0.1) is 0 Å². The van der Waals surface area contributed by atoms with E-state index in [1.807, 2.05) is 0 Å². The summed E-state index contributed by atoms with van der Waals surface area (Å²) in [4.78, 5) is 0. The van der Waals surface area contributed by atoms with Gasteiger partial charge in [0.1, 0.15) is 31.6 Å². The van der Waals surface area contributed by atoms with Crippen LogP contribution in [0.4, 0.5) is 0 Å². The molecule has 0 radical (unpaired) electrons. The molecule has 0 amide bonds. The SMILES string of the molecule is Oc1ccc(Oc2c(Cl)c(Cl)c(O)c(Cl)c2Cl)cc1. The fraction of sp³-hybridized carbons (Fsp3) is 0. The molecule has 0 fully saturated rings. The van der Waals surface area contributed by atoms with Gasteiger partial charge < -0.3 is 14.9 Å². The lowest BCUT2D eigenvalue weighted by Gasteiger charge is -2.13. The topological polar surface area (TPSA) is 49.7 Å². The fourth-order valence-corrected chi connectivity index (χ4v) is 2.22. The number of hydrogen-bond acceptors (Lipinski definition) is 3. The molecular formula is C12H6Cl4O3. The standard InChI is InChI=1S/C12H6Cl4O3/c13-7-9(15)12(10(16)8(14)11(7)18)19-6-3-1-5(17)2-4-6/h1-4,17-18H. The van der Waals surface area contributed by atoms with Crippen molar-refractivity contribution in [2.24, 2.45) is 0 Å². The number of ether oxygens (including phenoxy) is 1. The van der Waals surface area contributed by atoms with E-state index in [4.69, 9.17) is 51.1 Å². The molecule has 0 aromatic heterocycles. The Kier molecular flexibility index (Phi) is 4.21. The van der Waals surface area contributed by atoms with Crippen molar-refractivity contribution in [1.82, 2.24) is 0 Å². The van der Waals surface area contributed by atoms with Crippen molar-refractivity contribution in [2.75, 3.05) is 0 Å². The number of phenols is 2. The molecular weight excluding hydrogens is 334 g/mol. The molecule has 100 valence electrons. The van der Waals surface area contributed by atoms with E-state index in [9.17, 15) is 10.2 Å². The van der Waals surface area contributed by atoms with Crippen molar-refractivity contribution in [3.63, 3.8) is 0 Å². The lowest BCUT2D eigenvalue weighted by atomic mass is 10.3. The zero-order valence-electron chi connectivity index (χ0n) is 9.12. The first kappa shape index (κ1) is 14.4. The van der Waals surface area contributed by atoms with Gasteiger partial charge in [0.25, 0.3) is 0 Å². The maximum absolute atomic E-state index is 9.57. The van der Waals surface area contributed by atoms with Crippen molar-refractivity contribution in [3.8, 4) is 23.0 Å². The Morgan fingerprint density at radius 2 is 1.21 bits per heavy atom. The third-order valence-electron chi connectivity index (χ3n) is 2.26. The number of rotatable bonds is 2. The van der Waals surface area contributed by atoms with E-state index in [0.29, 0.717) is 5.75 Å². The molecule has 19 heavy (non-hydrogen) atoms.